The second-order valence-corrected chi connectivity index (χ2v) is 12.1. The van der Waals surface area contributed by atoms with Crippen LogP contribution in [0.4, 0.5) is 4.39 Å². The topological polar surface area (TPSA) is 160 Å². The zero-order valence-electron chi connectivity index (χ0n) is 28.9. The fourth-order valence-corrected chi connectivity index (χ4v) is 6.19. The zero-order chi connectivity index (χ0) is 36.8. The van der Waals surface area contributed by atoms with Crippen molar-refractivity contribution in [3.63, 3.8) is 0 Å². The SMILES string of the molecule is COc1ccc2cc1OCC(=O)N[C@@H]1CN(C(=O)c3ccc(OC)c(Oc4cccc(OC)c4CN)c3)CC[C@@H]1Oc1cc(F)cc(c1)CNC2=O. The van der Waals surface area contributed by atoms with E-state index in [0.717, 1.165) is 0 Å². The number of amides is 3. The number of carbonyl (C=O) groups excluding carboxylic acids is 3. The number of benzene rings is 4. The number of nitrogens with two attached hydrogens (primary N) is 1. The van der Waals surface area contributed by atoms with E-state index < -0.39 is 36.4 Å². The van der Waals surface area contributed by atoms with Gasteiger partial charge >= 0.3 is 0 Å². The van der Waals surface area contributed by atoms with Crippen LogP contribution in [0, 0.1) is 5.82 Å². The number of nitrogens with one attached hydrogen (secondary N) is 2. The molecule has 0 aromatic heterocycles. The van der Waals surface area contributed by atoms with Crippen LogP contribution in [0.5, 0.6) is 40.2 Å². The summed E-state index contributed by atoms with van der Waals surface area (Å²) in [4.78, 5) is 41.9. The van der Waals surface area contributed by atoms with Gasteiger partial charge in [0.25, 0.3) is 17.7 Å². The van der Waals surface area contributed by atoms with Gasteiger partial charge in [-0.05, 0) is 66.2 Å². The molecule has 2 aliphatic rings. The third kappa shape index (κ3) is 7.97. The predicted octanol–water partition coefficient (Wildman–Crippen LogP) is 4.20. The number of nitrogens with zero attached hydrogens (tertiary/aromatic N) is 1. The summed E-state index contributed by atoms with van der Waals surface area (Å²) in [5, 5.41) is 5.71. The largest absolute Gasteiger partial charge is 0.496 e. The monoisotopic (exact) mass is 714 g/mol. The lowest BCUT2D eigenvalue weighted by Gasteiger charge is -2.39. The summed E-state index contributed by atoms with van der Waals surface area (Å²) in [6.07, 6.45) is -0.334. The summed E-state index contributed by atoms with van der Waals surface area (Å²) in [5.41, 5.74) is 7.68. The van der Waals surface area contributed by atoms with Gasteiger partial charge in [-0.3, -0.25) is 14.4 Å². The summed E-state index contributed by atoms with van der Waals surface area (Å²) >= 11 is 0. The van der Waals surface area contributed by atoms with Crippen molar-refractivity contribution >= 4 is 17.7 Å². The zero-order valence-corrected chi connectivity index (χ0v) is 28.9. The summed E-state index contributed by atoms with van der Waals surface area (Å²) in [6, 6.07) is 18.2. The minimum atomic E-state index is -0.709. The summed E-state index contributed by atoms with van der Waals surface area (Å²) in [5.74, 6) is 0.619. The number of fused-ring (bicyclic) bond motifs is 5. The highest BCUT2D eigenvalue weighted by atomic mass is 19.1. The molecule has 0 spiro atoms. The Morgan fingerprint density at radius 3 is 2.46 bits per heavy atom. The average Bonchev–Trinajstić information content (AvgIpc) is 3.15. The van der Waals surface area contributed by atoms with Gasteiger partial charge in [0, 0.05) is 49.8 Å². The molecule has 0 radical (unpaired) electrons. The van der Waals surface area contributed by atoms with Crippen molar-refractivity contribution in [3.05, 3.63) is 101 Å². The number of hydrogen-bond donors (Lipinski definition) is 3. The summed E-state index contributed by atoms with van der Waals surface area (Å²) < 4.78 is 49.4. The maximum atomic E-state index is 14.8. The number of ether oxygens (including phenoxy) is 6. The Morgan fingerprint density at radius 1 is 0.923 bits per heavy atom. The third-order valence-corrected chi connectivity index (χ3v) is 8.78. The molecule has 14 heteroatoms. The van der Waals surface area contributed by atoms with Crippen LogP contribution in [0.3, 0.4) is 0 Å². The Bertz CT molecular complexity index is 1970. The van der Waals surface area contributed by atoms with Crippen molar-refractivity contribution in [3.8, 4) is 40.2 Å². The molecule has 4 N–H and O–H groups in total. The van der Waals surface area contributed by atoms with Crippen molar-refractivity contribution in [2.45, 2.75) is 31.7 Å². The van der Waals surface area contributed by atoms with Gasteiger partial charge in [-0.2, -0.15) is 0 Å². The fraction of sp³-hybridized carbons (Fsp3) is 0.289. The Labute approximate surface area is 299 Å². The van der Waals surface area contributed by atoms with Gasteiger partial charge < -0.3 is 49.7 Å². The van der Waals surface area contributed by atoms with Gasteiger partial charge in [0.2, 0.25) is 0 Å². The molecule has 6 rings (SSSR count). The van der Waals surface area contributed by atoms with Crippen molar-refractivity contribution in [1.82, 2.24) is 15.5 Å². The second-order valence-electron chi connectivity index (χ2n) is 12.1. The molecule has 4 aromatic rings. The summed E-state index contributed by atoms with van der Waals surface area (Å²) in [6.45, 7) is 0.104. The van der Waals surface area contributed by atoms with Crippen LogP contribution in [0.2, 0.25) is 0 Å². The van der Waals surface area contributed by atoms with Crippen LogP contribution in [-0.2, 0) is 17.9 Å². The number of likely N-dealkylation sites (tertiary alicyclic amines) is 1. The molecule has 4 bridgehead atoms. The van der Waals surface area contributed by atoms with E-state index in [1.807, 2.05) is 0 Å². The van der Waals surface area contributed by atoms with Gasteiger partial charge in [0.15, 0.2) is 29.6 Å². The Kier molecular flexibility index (Phi) is 10.9. The van der Waals surface area contributed by atoms with E-state index in [0.29, 0.717) is 51.9 Å². The smallest absolute Gasteiger partial charge is 0.258 e. The molecule has 2 heterocycles. The van der Waals surface area contributed by atoms with Crippen LogP contribution in [-0.4, -0.2) is 75.8 Å². The first-order chi connectivity index (χ1) is 25.2. The quantitative estimate of drug-likeness (QED) is 0.253. The van der Waals surface area contributed by atoms with Crippen LogP contribution >= 0.6 is 0 Å². The first-order valence-electron chi connectivity index (χ1n) is 16.5. The molecular formula is C38H39FN4O9. The maximum Gasteiger partial charge on any atom is 0.258 e. The highest BCUT2D eigenvalue weighted by Gasteiger charge is 2.35. The molecule has 52 heavy (non-hydrogen) atoms. The second kappa shape index (κ2) is 15.9. The standard InChI is InChI=1S/C38H39FN4O9/c1-47-29-5-4-6-30(27(29)18-40)52-35-16-24(8-10-33(35)49-3)38(46)43-12-11-31-28(20-43)42-36(44)21-50-34-15-23(7-9-32(34)48-2)37(45)41-19-22-13-25(39)17-26(14-22)51-31/h4-10,13-17,28,31H,11-12,18-21,40H2,1-3H3,(H,41,45)(H,42,44)/t28-,31+/m1/s1. The minimum absolute atomic E-state index is 0.0290. The number of rotatable bonds is 7. The molecule has 0 aliphatic carbocycles. The molecule has 272 valence electrons. The van der Waals surface area contributed by atoms with Crippen molar-refractivity contribution in [2.75, 3.05) is 41.0 Å². The van der Waals surface area contributed by atoms with Gasteiger partial charge in [-0.15, -0.1) is 0 Å². The van der Waals surface area contributed by atoms with Crippen LogP contribution in [0.15, 0.2) is 72.8 Å². The molecule has 1 fully saturated rings. The lowest BCUT2D eigenvalue weighted by molar-refractivity contribution is -0.125. The molecule has 2 aliphatic heterocycles. The molecule has 0 unspecified atom stereocenters. The molecule has 2 atom stereocenters. The van der Waals surface area contributed by atoms with Crippen molar-refractivity contribution in [1.29, 1.82) is 0 Å². The van der Waals surface area contributed by atoms with Gasteiger partial charge in [-0.25, -0.2) is 4.39 Å². The van der Waals surface area contributed by atoms with Gasteiger partial charge in [0.05, 0.1) is 32.9 Å². The Balaban J connectivity index is 1.26. The molecule has 13 nitrogen and oxygen atoms in total. The number of hydrogen-bond acceptors (Lipinski definition) is 10. The number of carbonyl (C=O) groups is 3. The average molecular weight is 715 g/mol. The first kappa shape index (κ1) is 35.8. The minimum Gasteiger partial charge on any atom is -0.496 e. The van der Waals surface area contributed by atoms with E-state index in [-0.39, 0.29) is 49.1 Å². The molecule has 4 aromatic carbocycles. The van der Waals surface area contributed by atoms with E-state index in [1.165, 1.54) is 32.4 Å². The van der Waals surface area contributed by atoms with Crippen LogP contribution in [0.25, 0.3) is 0 Å². The maximum absolute atomic E-state index is 14.8. The molecule has 0 saturated carbocycles. The Hall–Kier alpha value is -6.02. The number of methoxy groups -OCH3 is 3. The van der Waals surface area contributed by atoms with Crippen LogP contribution < -0.4 is 44.8 Å². The van der Waals surface area contributed by atoms with E-state index in [2.05, 4.69) is 10.6 Å². The molecule has 1 saturated heterocycles. The predicted molar refractivity (Wildman–Crippen MR) is 187 cm³/mol. The normalized spacial score (nSPS) is 17.4. The van der Waals surface area contributed by atoms with E-state index >= 15 is 0 Å². The van der Waals surface area contributed by atoms with Gasteiger partial charge in [0.1, 0.15) is 29.2 Å². The third-order valence-electron chi connectivity index (χ3n) is 8.78. The van der Waals surface area contributed by atoms with Crippen molar-refractivity contribution in [2.24, 2.45) is 5.73 Å². The fourth-order valence-electron chi connectivity index (χ4n) is 6.19. The lowest BCUT2D eigenvalue weighted by atomic mass is 10.00. The number of halogens is 1. The lowest BCUT2D eigenvalue weighted by Crippen LogP contribution is -2.58. The van der Waals surface area contributed by atoms with E-state index in [9.17, 15) is 18.8 Å². The van der Waals surface area contributed by atoms with Gasteiger partial charge in [-0.1, -0.05) is 6.07 Å². The number of piperidine rings is 1. The summed E-state index contributed by atoms with van der Waals surface area (Å²) in [7, 11) is 4.48. The Morgan fingerprint density at radius 2 is 1.69 bits per heavy atom. The van der Waals surface area contributed by atoms with Crippen molar-refractivity contribution < 1.29 is 47.2 Å². The highest BCUT2D eigenvalue weighted by molar-refractivity contribution is 5.95. The van der Waals surface area contributed by atoms with E-state index in [4.69, 9.17) is 34.2 Å². The first-order valence-corrected chi connectivity index (χ1v) is 16.5. The highest BCUT2D eigenvalue weighted by Crippen LogP contribution is 2.37. The van der Waals surface area contributed by atoms with Crippen LogP contribution in [0.1, 0.15) is 38.3 Å². The molecule has 3 amide bonds. The molecular weight excluding hydrogens is 675 g/mol. The van der Waals surface area contributed by atoms with E-state index in [1.54, 1.807) is 66.6 Å².